The number of pyridine rings is 1. The average Bonchev–Trinajstić information content (AvgIpc) is 3.48. The number of hydrogen-bond acceptors (Lipinski definition) is 3. The van der Waals surface area contributed by atoms with Crippen LogP contribution >= 0.6 is 0 Å². The predicted octanol–water partition coefficient (Wildman–Crippen LogP) is 7.04. The zero-order chi connectivity index (χ0) is 25.5. The number of hydrogen-bond donors (Lipinski definition) is 0. The van der Waals surface area contributed by atoms with Gasteiger partial charge in [-0.3, -0.25) is 9.36 Å². The van der Waals surface area contributed by atoms with Gasteiger partial charge in [0.2, 0.25) is 0 Å². The van der Waals surface area contributed by atoms with Crippen LogP contribution in [0.5, 0.6) is 0 Å². The van der Waals surface area contributed by atoms with Crippen molar-refractivity contribution in [1.29, 1.82) is 10.5 Å². The zero-order valence-corrected chi connectivity index (χ0v) is 19.9. The van der Waals surface area contributed by atoms with Crippen molar-refractivity contribution in [2.24, 2.45) is 0 Å². The lowest BCUT2D eigenvalue weighted by Gasteiger charge is -2.14. The smallest absolute Gasteiger partial charge is 0.263 e. The molecule has 5 aromatic carbocycles. The Kier molecular flexibility index (Phi) is 3.89. The minimum Gasteiger partial charge on any atom is -0.308 e. The summed E-state index contributed by atoms with van der Waals surface area (Å²) in [5.74, 6) is 0. The molecule has 0 aliphatic carbocycles. The molecule has 0 saturated heterocycles. The molecule has 0 N–H and O–H groups in total. The molecule has 0 saturated carbocycles. The molecule has 8 aromatic rings. The summed E-state index contributed by atoms with van der Waals surface area (Å²) >= 11 is 0. The highest BCUT2D eigenvalue weighted by Gasteiger charge is 2.24. The first-order chi connectivity index (χ1) is 18.7. The number of benzene rings is 5. The Balaban J connectivity index is 1.74. The fraction of sp³-hybridized carbons (Fsp3) is 0. The Morgan fingerprint density at radius 1 is 0.553 bits per heavy atom. The summed E-state index contributed by atoms with van der Waals surface area (Å²) in [4.78, 5) is 14.3. The summed E-state index contributed by atoms with van der Waals surface area (Å²) in [5.41, 5.74) is 5.45. The molecule has 0 radical (unpaired) electrons. The first kappa shape index (κ1) is 20.5. The van der Waals surface area contributed by atoms with E-state index in [1.54, 1.807) is 4.57 Å². The van der Waals surface area contributed by atoms with E-state index < -0.39 is 0 Å². The van der Waals surface area contributed by atoms with Crippen LogP contribution in [0, 0.1) is 22.7 Å². The van der Waals surface area contributed by atoms with Gasteiger partial charge in [0, 0.05) is 43.4 Å². The molecule has 0 aliphatic rings. The topological polar surface area (TPSA) is 74.0 Å². The number of nitriles is 2. The quantitative estimate of drug-likeness (QED) is 0.235. The van der Waals surface area contributed by atoms with Gasteiger partial charge in [0.15, 0.2) is 0 Å². The number of fused-ring (bicyclic) bond motifs is 10. The number of para-hydroxylation sites is 2. The van der Waals surface area contributed by atoms with Crippen molar-refractivity contribution in [3.05, 3.63) is 119 Å². The van der Waals surface area contributed by atoms with Crippen molar-refractivity contribution in [3.63, 3.8) is 0 Å². The molecule has 0 spiro atoms. The van der Waals surface area contributed by atoms with Crippen LogP contribution in [0.25, 0.3) is 65.5 Å². The minimum absolute atomic E-state index is 0.0836. The Morgan fingerprint density at radius 2 is 1.18 bits per heavy atom. The van der Waals surface area contributed by atoms with Gasteiger partial charge in [-0.25, -0.2) is 0 Å². The maximum atomic E-state index is 14.3. The van der Waals surface area contributed by atoms with Gasteiger partial charge < -0.3 is 4.40 Å². The molecule has 0 unspecified atom stereocenters. The third kappa shape index (κ3) is 2.45. The van der Waals surface area contributed by atoms with Crippen LogP contribution in [0.4, 0.5) is 0 Å². The molecule has 0 fully saturated rings. The number of rotatable bonds is 1. The minimum atomic E-state index is -0.0836. The van der Waals surface area contributed by atoms with Crippen molar-refractivity contribution in [1.82, 2.24) is 8.97 Å². The van der Waals surface area contributed by atoms with E-state index in [1.807, 2.05) is 91.0 Å². The Morgan fingerprint density at radius 3 is 1.92 bits per heavy atom. The van der Waals surface area contributed by atoms with Crippen LogP contribution in [0.1, 0.15) is 11.1 Å². The van der Waals surface area contributed by atoms with Crippen LogP contribution in [0.2, 0.25) is 0 Å². The maximum Gasteiger partial charge on any atom is 0.263 e. The lowest BCUT2D eigenvalue weighted by molar-refractivity contribution is 1.06. The second-order valence-corrected chi connectivity index (χ2v) is 9.59. The highest BCUT2D eigenvalue weighted by Crippen LogP contribution is 2.44. The molecule has 38 heavy (non-hydrogen) atoms. The molecular formula is C33H16N4O. The van der Waals surface area contributed by atoms with Gasteiger partial charge in [0.1, 0.15) is 0 Å². The van der Waals surface area contributed by atoms with Gasteiger partial charge in [0.25, 0.3) is 5.56 Å². The van der Waals surface area contributed by atoms with E-state index in [9.17, 15) is 15.3 Å². The standard InChI is InChI=1S/C33H16N4O/c34-17-19-10-12-22-25-16-26-30(23-8-4-5-9-27(23)36(33(26)38)21-6-2-1-3-7-21)31-24-13-11-20(18-35)15-29(24)37(32(25)31)28(22)14-19/h1-16H. The van der Waals surface area contributed by atoms with Crippen molar-refractivity contribution in [3.8, 4) is 17.8 Å². The van der Waals surface area contributed by atoms with Crippen molar-refractivity contribution in [2.45, 2.75) is 0 Å². The van der Waals surface area contributed by atoms with Crippen LogP contribution in [-0.2, 0) is 0 Å². The lowest BCUT2D eigenvalue weighted by atomic mass is 9.97. The second kappa shape index (κ2) is 7.20. The maximum absolute atomic E-state index is 14.3. The van der Waals surface area contributed by atoms with Crippen LogP contribution < -0.4 is 5.56 Å². The molecule has 0 bridgehead atoms. The molecular weight excluding hydrogens is 468 g/mol. The van der Waals surface area contributed by atoms with Crippen LogP contribution in [0.3, 0.4) is 0 Å². The van der Waals surface area contributed by atoms with E-state index in [0.717, 1.165) is 60.1 Å². The fourth-order valence-corrected chi connectivity index (χ4v) is 6.15. The third-order valence-corrected chi connectivity index (χ3v) is 7.68. The van der Waals surface area contributed by atoms with Gasteiger partial charge in [-0.05, 0) is 48.5 Å². The molecule has 0 amide bonds. The molecule has 0 aliphatic heterocycles. The highest BCUT2D eigenvalue weighted by molar-refractivity contribution is 6.35. The van der Waals surface area contributed by atoms with Gasteiger partial charge in [-0.2, -0.15) is 10.5 Å². The van der Waals surface area contributed by atoms with Gasteiger partial charge in [-0.1, -0.05) is 48.5 Å². The molecule has 0 atom stereocenters. The van der Waals surface area contributed by atoms with Crippen molar-refractivity contribution >= 4 is 59.8 Å². The van der Waals surface area contributed by atoms with Gasteiger partial charge >= 0.3 is 0 Å². The fourth-order valence-electron chi connectivity index (χ4n) is 6.15. The highest BCUT2D eigenvalue weighted by atomic mass is 16.1. The summed E-state index contributed by atoms with van der Waals surface area (Å²) in [6.07, 6.45) is 0. The summed E-state index contributed by atoms with van der Waals surface area (Å²) in [6, 6.07) is 35.6. The van der Waals surface area contributed by atoms with Crippen LogP contribution in [-0.4, -0.2) is 8.97 Å². The van der Waals surface area contributed by atoms with E-state index >= 15 is 0 Å². The molecule has 5 heteroatoms. The molecule has 5 nitrogen and oxygen atoms in total. The Hall–Kier alpha value is -5.65. The Bertz CT molecular complexity index is 2430. The molecule has 3 heterocycles. The number of aromatic nitrogens is 2. The first-order valence-corrected chi connectivity index (χ1v) is 12.3. The second-order valence-electron chi connectivity index (χ2n) is 9.59. The normalized spacial score (nSPS) is 11.7. The number of nitrogens with zero attached hydrogens (tertiary/aromatic N) is 4. The monoisotopic (exact) mass is 484 g/mol. The molecule has 8 rings (SSSR count). The largest absolute Gasteiger partial charge is 0.308 e. The lowest BCUT2D eigenvalue weighted by Crippen LogP contribution is -2.19. The SMILES string of the molecule is N#Cc1ccc2c3cc4c(=O)n(-c5ccccc5)c5ccccc5c4c4c5ccc(C#N)cc5n(c2c1)c34. The van der Waals surface area contributed by atoms with Crippen molar-refractivity contribution in [2.75, 3.05) is 0 Å². The Labute approximate surface area is 215 Å². The van der Waals surface area contributed by atoms with Gasteiger partial charge in [-0.15, -0.1) is 0 Å². The summed E-state index contributed by atoms with van der Waals surface area (Å²) in [7, 11) is 0. The van der Waals surface area contributed by atoms with E-state index in [4.69, 9.17) is 0 Å². The van der Waals surface area contributed by atoms with E-state index in [-0.39, 0.29) is 5.56 Å². The van der Waals surface area contributed by atoms with Gasteiger partial charge in [0.05, 0.1) is 45.3 Å². The summed E-state index contributed by atoms with van der Waals surface area (Å²) in [6.45, 7) is 0. The van der Waals surface area contributed by atoms with E-state index in [0.29, 0.717) is 16.5 Å². The van der Waals surface area contributed by atoms with Crippen molar-refractivity contribution < 1.29 is 0 Å². The summed E-state index contributed by atoms with van der Waals surface area (Å²) < 4.78 is 3.94. The van der Waals surface area contributed by atoms with E-state index in [2.05, 4.69) is 22.6 Å². The first-order valence-electron chi connectivity index (χ1n) is 12.3. The molecule has 174 valence electrons. The summed E-state index contributed by atoms with van der Waals surface area (Å²) in [5, 5.41) is 25.7. The van der Waals surface area contributed by atoms with Crippen LogP contribution in [0.15, 0.2) is 102 Å². The van der Waals surface area contributed by atoms with E-state index in [1.165, 1.54) is 0 Å². The molecule has 3 aromatic heterocycles. The zero-order valence-electron chi connectivity index (χ0n) is 19.9. The average molecular weight is 485 g/mol. The third-order valence-electron chi connectivity index (χ3n) is 7.68. The predicted molar refractivity (Wildman–Crippen MR) is 151 cm³/mol.